The van der Waals surface area contributed by atoms with Crippen LogP contribution in [-0.4, -0.2) is 64.2 Å². The predicted molar refractivity (Wildman–Crippen MR) is 483 cm³/mol. The lowest BCUT2D eigenvalue weighted by Gasteiger charge is -2.14. The van der Waals surface area contributed by atoms with Crippen molar-refractivity contribution in [3.63, 3.8) is 0 Å². The minimum absolute atomic E-state index is 0.0751. The third-order valence-electron chi connectivity index (χ3n) is 18.2. The lowest BCUT2D eigenvalue weighted by atomic mass is 10.0. The molecule has 25 heteroatoms. The second kappa shape index (κ2) is 43.2. The summed E-state index contributed by atoms with van der Waals surface area (Å²) in [5.41, 5.74) is 16.5. The zero-order chi connectivity index (χ0) is 82.6. The van der Waals surface area contributed by atoms with Gasteiger partial charge in [0.05, 0.1) is 62.9 Å². The van der Waals surface area contributed by atoms with Gasteiger partial charge in [-0.25, -0.2) is 0 Å². The molecule has 0 fully saturated rings. The summed E-state index contributed by atoms with van der Waals surface area (Å²) in [6.07, 6.45) is 11.4. The summed E-state index contributed by atoms with van der Waals surface area (Å²) in [6, 6.07) is 45.2. The molecule has 0 spiro atoms. The van der Waals surface area contributed by atoms with Gasteiger partial charge in [0.25, 0.3) is 0 Å². The van der Waals surface area contributed by atoms with Gasteiger partial charge in [-0.3, -0.25) is 39.1 Å². The fraction of sp³-hybridized carbons (Fsp3) is 0.281. The number of carbonyl (C=O) groups is 4. The quantitative estimate of drug-likeness (QED) is 0.0341. The van der Waals surface area contributed by atoms with E-state index in [2.05, 4.69) is 196 Å². The molecule has 0 aliphatic rings. The number of unbranched alkanes of at least 4 members (excludes halogenated alkanes) is 1. The van der Waals surface area contributed by atoms with E-state index in [0.717, 1.165) is 199 Å². The molecule has 8 aromatic carbocycles. The zero-order valence-corrected chi connectivity index (χ0v) is 77.5. The standard InChI is InChI=1S/2C23H23Br2NO3.C22H20Br2ClNO3.C21H19Br2NO3/c1-3-4-5-16-10-14(2)26-21-8-7-17(13-18(16)21)29-23-19(24)11-15(12-20(23)25)6-9-22(27)28;1-3-5-20-15(4-2)12-16-13-17(7-8-21(16)26-20)29-23-18(24)10-14(11-19(23)25)6-9-22(27)28;1-3-4-14-7-12(2)16-10-15(11-19(25)21(16)26-14)29-22-17(23)8-13(9-18(22)24)5-6-20(27)28;1-3-14-8-12(2)24-19-6-5-15(11-16(14)19)27-21-17(22)9-13(10-18(21)23)4-7-20(25)26/h2*7-8,10-13H,3-6,9H2,1-2H3,(H,27,28);7-11H,3-6H2,1-2H3,(H,27,28);5-6,8-11H,3-4,7H2,1-2H3,(H,25,26). The van der Waals surface area contributed by atoms with E-state index in [0.29, 0.717) is 59.5 Å². The summed E-state index contributed by atoms with van der Waals surface area (Å²) < 4.78 is 30.7. The molecule has 0 saturated heterocycles. The van der Waals surface area contributed by atoms with Crippen molar-refractivity contribution in [2.24, 2.45) is 0 Å². The van der Waals surface area contributed by atoms with Crippen LogP contribution in [0.25, 0.3) is 43.6 Å². The van der Waals surface area contributed by atoms with Crippen molar-refractivity contribution >= 4 is 207 Å². The molecule has 4 aromatic heterocycles. The van der Waals surface area contributed by atoms with E-state index >= 15 is 0 Å². The van der Waals surface area contributed by atoms with Gasteiger partial charge in [-0.05, 0) is 390 Å². The molecule has 0 bridgehead atoms. The topological polar surface area (TPSA) is 238 Å². The minimum Gasteiger partial charge on any atom is -0.481 e. The first-order valence-electron chi connectivity index (χ1n) is 37.3. The molecule has 12 rings (SSSR count). The van der Waals surface area contributed by atoms with Crippen LogP contribution < -0.4 is 18.9 Å². The van der Waals surface area contributed by atoms with Crippen LogP contribution in [0.3, 0.4) is 0 Å². The molecule has 16 nitrogen and oxygen atoms in total. The Balaban J connectivity index is 0.000000174. The number of benzene rings is 8. The van der Waals surface area contributed by atoms with Crippen LogP contribution >= 0.6 is 139 Å². The maximum absolute atomic E-state index is 10.8. The van der Waals surface area contributed by atoms with E-state index < -0.39 is 23.9 Å². The predicted octanol–water partition coefficient (Wildman–Crippen LogP) is 28.2. The molecule has 0 radical (unpaired) electrons. The van der Waals surface area contributed by atoms with Gasteiger partial charge in [0, 0.05) is 76.1 Å². The first-order chi connectivity index (χ1) is 54.4. The molecule has 0 aliphatic carbocycles. The maximum atomic E-state index is 10.8. The van der Waals surface area contributed by atoms with Crippen LogP contribution in [0.15, 0.2) is 175 Å². The molecule has 4 heterocycles. The van der Waals surface area contributed by atoms with E-state index in [1.54, 1.807) is 6.07 Å². The first-order valence-corrected chi connectivity index (χ1v) is 44.0. The number of aryl methyl sites for hydroxylation is 12. The highest BCUT2D eigenvalue weighted by Gasteiger charge is 2.20. The normalized spacial score (nSPS) is 11.0. The minimum atomic E-state index is -0.825. The molecular formula is C89H85Br8ClN4O12. The lowest BCUT2D eigenvalue weighted by molar-refractivity contribution is -0.138. The Hall–Kier alpha value is -7.39. The summed E-state index contributed by atoms with van der Waals surface area (Å²) >= 11 is 34.9. The number of aromatic nitrogens is 4. The third-order valence-corrected chi connectivity index (χ3v) is 23.2. The van der Waals surface area contributed by atoms with E-state index in [-0.39, 0.29) is 25.7 Å². The number of halogens is 9. The van der Waals surface area contributed by atoms with Crippen molar-refractivity contribution < 1.29 is 58.6 Å². The van der Waals surface area contributed by atoms with Crippen molar-refractivity contribution in [1.82, 2.24) is 19.9 Å². The second-order valence-corrected chi connectivity index (χ2v) is 34.5. The van der Waals surface area contributed by atoms with E-state index in [1.165, 1.54) is 22.4 Å². The Bertz CT molecular complexity index is 5460. The maximum Gasteiger partial charge on any atom is 0.303 e. The SMILES string of the molecule is CCCCc1cc(C)nc2ccc(Oc3c(Br)cc(CCC(=O)O)cc3Br)cc12.CCCc1cc(C)c2cc(Oc3c(Br)cc(CCC(=O)O)cc3Br)cc(Cl)c2n1.CCCc1nc2ccc(Oc3c(Br)cc(CCC(=O)O)cc3Br)cc2cc1CC.CCc1cc(C)nc2ccc(Oc3c(Br)cc(CCC(=O)O)cc3Br)cc12. The van der Waals surface area contributed by atoms with Gasteiger partial charge in [0.15, 0.2) is 23.0 Å². The van der Waals surface area contributed by atoms with Crippen molar-refractivity contribution in [3.8, 4) is 46.0 Å². The van der Waals surface area contributed by atoms with E-state index in [1.807, 2.05) is 130 Å². The highest BCUT2D eigenvalue weighted by atomic mass is 79.9. The molecule has 596 valence electrons. The third kappa shape index (κ3) is 25.6. The summed E-state index contributed by atoms with van der Waals surface area (Å²) in [4.78, 5) is 62.0. The second-order valence-electron chi connectivity index (χ2n) is 27.2. The van der Waals surface area contributed by atoms with E-state index in [9.17, 15) is 19.2 Å². The van der Waals surface area contributed by atoms with Crippen molar-refractivity contribution in [2.45, 2.75) is 165 Å². The molecule has 0 atom stereocenters. The van der Waals surface area contributed by atoms with Gasteiger partial charge in [0.1, 0.15) is 23.0 Å². The van der Waals surface area contributed by atoms with Crippen LogP contribution in [-0.2, 0) is 77.0 Å². The number of pyridine rings is 4. The van der Waals surface area contributed by atoms with Gasteiger partial charge in [-0.2, -0.15) is 0 Å². The average molecular weight is 2080 g/mol. The Morgan fingerprint density at radius 3 is 1.11 bits per heavy atom. The zero-order valence-electron chi connectivity index (χ0n) is 64.0. The van der Waals surface area contributed by atoms with Crippen molar-refractivity contribution in [2.75, 3.05) is 0 Å². The van der Waals surface area contributed by atoms with Crippen molar-refractivity contribution in [3.05, 3.63) is 248 Å². The van der Waals surface area contributed by atoms with Crippen LogP contribution in [0.5, 0.6) is 46.0 Å². The van der Waals surface area contributed by atoms with E-state index in [4.69, 9.17) is 60.9 Å². The number of rotatable bonds is 29. The summed E-state index contributed by atoms with van der Waals surface area (Å²) in [6.45, 7) is 16.9. The number of fused-ring (bicyclic) bond motifs is 4. The Morgan fingerprint density at radius 1 is 0.360 bits per heavy atom. The fourth-order valence-electron chi connectivity index (χ4n) is 12.7. The highest BCUT2D eigenvalue weighted by molar-refractivity contribution is 9.12. The van der Waals surface area contributed by atoms with Crippen molar-refractivity contribution in [1.29, 1.82) is 0 Å². The summed E-state index contributed by atoms with van der Waals surface area (Å²) in [5.74, 6) is 2.13. The number of nitrogens with zero attached hydrogens (tertiary/aromatic N) is 4. The molecule has 12 aromatic rings. The Labute approximate surface area is 736 Å². The molecule has 114 heavy (non-hydrogen) atoms. The van der Waals surface area contributed by atoms with Gasteiger partial charge in [-0.1, -0.05) is 65.5 Å². The van der Waals surface area contributed by atoms with Crippen LogP contribution in [0, 0.1) is 20.8 Å². The number of carboxylic acid groups (broad SMARTS) is 4. The first kappa shape index (κ1) is 90.5. The molecule has 0 aliphatic heterocycles. The molecule has 0 unspecified atom stereocenters. The highest BCUT2D eigenvalue weighted by Crippen LogP contribution is 2.45. The Morgan fingerprint density at radius 2 is 0.728 bits per heavy atom. The van der Waals surface area contributed by atoms with Gasteiger partial charge in [0.2, 0.25) is 0 Å². The smallest absolute Gasteiger partial charge is 0.303 e. The monoisotopic (exact) mass is 2070 g/mol. The number of aliphatic carboxylic acids is 4. The van der Waals surface area contributed by atoms with Crippen LogP contribution in [0.4, 0.5) is 0 Å². The van der Waals surface area contributed by atoms with Crippen LogP contribution in [0.2, 0.25) is 5.02 Å². The molecule has 0 amide bonds. The fourth-order valence-corrected chi connectivity index (χ4v) is 18.8. The number of ether oxygens (including phenoxy) is 4. The molecule has 0 saturated carbocycles. The van der Waals surface area contributed by atoms with Gasteiger partial charge in [-0.15, -0.1) is 0 Å². The van der Waals surface area contributed by atoms with Gasteiger partial charge < -0.3 is 39.4 Å². The molecule has 4 N–H and O–H groups in total. The summed E-state index contributed by atoms with van der Waals surface area (Å²) in [5, 5.41) is 40.3. The summed E-state index contributed by atoms with van der Waals surface area (Å²) in [7, 11) is 0. The average Bonchev–Trinajstić information content (AvgIpc) is 0.784. The number of carboxylic acids is 4. The lowest BCUT2D eigenvalue weighted by Crippen LogP contribution is -1.99. The number of hydrogen-bond acceptors (Lipinski definition) is 12. The largest absolute Gasteiger partial charge is 0.481 e. The molecular weight excluding hydrogens is 1990 g/mol. The Kier molecular flexibility index (Phi) is 34.3. The van der Waals surface area contributed by atoms with Gasteiger partial charge >= 0.3 is 23.9 Å². The van der Waals surface area contributed by atoms with Crippen LogP contribution in [0.1, 0.15) is 153 Å². The number of hydrogen-bond donors (Lipinski definition) is 4.